The zero-order chi connectivity index (χ0) is 19.6. The molecule has 3 rings (SSSR count). The fraction of sp³-hybridized carbons (Fsp3) is 0.588. The Bertz CT molecular complexity index is 917. The van der Waals surface area contributed by atoms with Crippen LogP contribution in [0.5, 0.6) is 0 Å². The minimum absolute atomic E-state index is 0.135. The summed E-state index contributed by atoms with van der Waals surface area (Å²) < 4.78 is 30.6. The maximum Gasteiger partial charge on any atom is 0.246 e. The van der Waals surface area contributed by atoms with Gasteiger partial charge >= 0.3 is 0 Å². The monoisotopic (exact) mass is 394 g/mol. The molecule has 0 unspecified atom stereocenters. The van der Waals surface area contributed by atoms with E-state index < -0.39 is 10.0 Å². The van der Waals surface area contributed by atoms with Crippen molar-refractivity contribution >= 4 is 15.9 Å². The molecule has 148 valence electrons. The Morgan fingerprint density at radius 1 is 1.41 bits per heavy atom. The summed E-state index contributed by atoms with van der Waals surface area (Å²) in [5.74, 6) is -0.498. The van der Waals surface area contributed by atoms with Crippen LogP contribution in [0, 0.1) is 12.8 Å². The van der Waals surface area contributed by atoms with Gasteiger partial charge in [-0.05, 0) is 32.8 Å². The second kappa shape index (κ2) is 7.81. The van der Waals surface area contributed by atoms with Gasteiger partial charge in [0.15, 0.2) is 0 Å². The Labute approximate surface area is 159 Å². The van der Waals surface area contributed by atoms with Crippen LogP contribution in [0.3, 0.4) is 0 Å². The highest BCUT2D eigenvalue weighted by molar-refractivity contribution is 7.89. The largest absolute Gasteiger partial charge is 0.350 e. The molecule has 0 bridgehead atoms. The van der Waals surface area contributed by atoms with Gasteiger partial charge in [-0.3, -0.25) is 14.2 Å². The standard InChI is InChI=1S/C17H26N6O3S/c1-4-22-9-7-15(20-22)10-18-17(24)14-6-5-8-23(12-14)27(25,26)16-11-19-21(3)13(16)2/h7,9,11,14H,4-6,8,10,12H2,1-3H3,(H,18,24)/t14-/m1/s1. The van der Waals surface area contributed by atoms with E-state index >= 15 is 0 Å². The minimum Gasteiger partial charge on any atom is -0.350 e. The Morgan fingerprint density at radius 3 is 2.81 bits per heavy atom. The first kappa shape index (κ1) is 19.6. The summed E-state index contributed by atoms with van der Waals surface area (Å²) in [6, 6.07) is 1.87. The van der Waals surface area contributed by atoms with E-state index in [0.717, 1.165) is 12.2 Å². The molecule has 1 fully saturated rings. The van der Waals surface area contributed by atoms with Gasteiger partial charge in [0.25, 0.3) is 0 Å². The highest BCUT2D eigenvalue weighted by atomic mass is 32.2. The summed E-state index contributed by atoms with van der Waals surface area (Å²) in [6.45, 7) is 5.45. The Kier molecular flexibility index (Phi) is 5.66. The Morgan fingerprint density at radius 2 is 2.19 bits per heavy atom. The van der Waals surface area contributed by atoms with E-state index in [1.54, 1.807) is 18.7 Å². The first-order valence-corrected chi connectivity index (χ1v) is 10.6. The van der Waals surface area contributed by atoms with Gasteiger partial charge < -0.3 is 5.32 Å². The molecule has 1 aliphatic rings. The van der Waals surface area contributed by atoms with Crippen molar-refractivity contribution in [3.63, 3.8) is 0 Å². The predicted molar refractivity (Wildman–Crippen MR) is 99.2 cm³/mol. The van der Waals surface area contributed by atoms with Crippen molar-refractivity contribution in [2.45, 2.75) is 44.7 Å². The molecule has 1 atom stereocenters. The first-order chi connectivity index (χ1) is 12.8. The lowest BCUT2D eigenvalue weighted by Crippen LogP contribution is -2.45. The molecule has 27 heavy (non-hydrogen) atoms. The Hall–Kier alpha value is -2.20. The quantitative estimate of drug-likeness (QED) is 0.776. The zero-order valence-electron chi connectivity index (χ0n) is 15.9. The van der Waals surface area contributed by atoms with Gasteiger partial charge in [-0.25, -0.2) is 8.42 Å². The van der Waals surface area contributed by atoms with E-state index in [-0.39, 0.29) is 23.3 Å². The van der Waals surface area contributed by atoms with Crippen molar-refractivity contribution in [1.29, 1.82) is 0 Å². The number of aromatic nitrogens is 4. The topological polar surface area (TPSA) is 102 Å². The summed E-state index contributed by atoms with van der Waals surface area (Å²) in [6.07, 6.45) is 4.57. The molecule has 9 nitrogen and oxygen atoms in total. The van der Waals surface area contributed by atoms with Gasteiger partial charge in [-0.1, -0.05) is 0 Å². The lowest BCUT2D eigenvalue weighted by atomic mass is 9.99. The average Bonchev–Trinajstić information content (AvgIpc) is 3.27. The molecule has 1 amide bonds. The van der Waals surface area contributed by atoms with Crippen LogP contribution in [0.25, 0.3) is 0 Å². The molecule has 3 heterocycles. The number of piperidine rings is 1. The number of nitrogens with zero attached hydrogens (tertiary/aromatic N) is 5. The second-order valence-electron chi connectivity index (χ2n) is 6.80. The summed E-state index contributed by atoms with van der Waals surface area (Å²) in [7, 11) is -1.94. The number of nitrogens with one attached hydrogen (secondary N) is 1. The van der Waals surface area contributed by atoms with E-state index in [1.165, 1.54) is 15.2 Å². The molecule has 2 aromatic rings. The molecule has 1 saturated heterocycles. The van der Waals surface area contributed by atoms with Gasteiger partial charge in [-0.15, -0.1) is 0 Å². The SMILES string of the molecule is CCn1ccc(CNC(=O)[C@@H]2CCCN(S(=O)(=O)c3cnn(C)c3C)C2)n1. The fourth-order valence-electron chi connectivity index (χ4n) is 3.24. The van der Waals surface area contributed by atoms with Gasteiger partial charge in [0.1, 0.15) is 4.90 Å². The fourth-order valence-corrected chi connectivity index (χ4v) is 4.95. The van der Waals surface area contributed by atoms with E-state index in [4.69, 9.17) is 0 Å². The second-order valence-corrected chi connectivity index (χ2v) is 8.71. The third-order valence-corrected chi connectivity index (χ3v) is 6.99. The van der Waals surface area contributed by atoms with E-state index in [9.17, 15) is 13.2 Å². The van der Waals surface area contributed by atoms with Gasteiger partial charge in [0.2, 0.25) is 15.9 Å². The van der Waals surface area contributed by atoms with Crippen LogP contribution in [0.2, 0.25) is 0 Å². The molecular weight excluding hydrogens is 368 g/mol. The van der Waals surface area contributed by atoms with Crippen LogP contribution >= 0.6 is 0 Å². The third-order valence-electron chi connectivity index (χ3n) is 5.03. The molecule has 0 aromatic carbocycles. The molecular formula is C17H26N6O3S. The number of carbonyl (C=O) groups excluding carboxylic acids is 1. The summed E-state index contributed by atoms with van der Waals surface area (Å²) >= 11 is 0. The maximum atomic E-state index is 12.9. The first-order valence-electron chi connectivity index (χ1n) is 9.11. The lowest BCUT2D eigenvalue weighted by molar-refractivity contribution is -0.126. The van der Waals surface area contributed by atoms with Crippen LogP contribution in [-0.4, -0.2) is 51.3 Å². The van der Waals surface area contributed by atoms with Crippen molar-refractivity contribution in [2.24, 2.45) is 13.0 Å². The number of hydrogen-bond donors (Lipinski definition) is 1. The summed E-state index contributed by atoms with van der Waals surface area (Å²) in [4.78, 5) is 12.7. The lowest BCUT2D eigenvalue weighted by Gasteiger charge is -2.31. The van der Waals surface area contributed by atoms with Crippen LogP contribution in [0.1, 0.15) is 31.2 Å². The molecule has 10 heteroatoms. The van der Waals surface area contributed by atoms with Crippen molar-refractivity contribution in [3.8, 4) is 0 Å². The molecule has 0 aliphatic carbocycles. The van der Waals surface area contributed by atoms with Crippen molar-refractivity contribution < 1.29 is 13.2 Å². The maximum absolute atomic E-state index is 12.9. The average molecular weight is 395 g/mol. The van der Waals surface area contributed by atoms with Crippen molar-refractivity contribution in [2.75, 3.05) is 13.1 Å². The molecule has 0 spiro atoms. The van der Waals surface area contributed by atoms with Gasteiger partial charge in [0, 0.05) is 32.9 Å². The third kappa shape index (κ3) is 4.06. The predicted octanol–water partition coefficient (Wildman–Crippen LogP) is 0.662. The van der Waals surface area contributed by atoms with Crippen LogP contribution in [0.4, 0.5) is 0 Å². The number of aryl methyl sites for hydroxylation is 2. The van der Waals surface area contributed by atoms with E-state index in [0.29, 0.717) is 31.6 Å². The van der Waals surface area contributed by atoms with Crippen molar-refractivity contribution in [1.82, 2.24) is 29.2 Å². The normalized spacial score (nSPS) is 18.6. The molecule has 0 radical (unpaired) electrons. The number of carbonyl (C=O) groups is 1. The molecule has 1 N–H and O–H groups in total. The number of sulfonamides is 1. The Balaban J connectivity index is 1.64. The highest BCUT2D eigenvalue weighted by Crippen LogP contribution is 2.25. The zero-order valence-corrected chi connectivity index (χ0v) is 16.7. The molecule has 2 aromatic heterocycles. The van der Waals surface area contributed by atoms with Crippen molar-refractivity contribution in [3.05, 3.63) is 29.8 Å². The van der Waals surface area contributed by atoms with Crippen LogP contribution < -0.4 is 5.32 Å². The number of hydrogen-bond acceptors (Lipinski definition) is 5. The summed E-state index contributed by atoms with van der Waals surface area (Å²) in [5, 5.41) is 11.2. The van der Waals surface area contributed by atoms with Crippen LogP contribution in [0.15, 0.2) is 23.4 Å². The number of amides is 1. The number of rotatable bonds is 6. The minimum atomic E-state index is -3.65. The van der Waals surface area contributed by atoms with E-state index in [2.05, 4.69) is 15.5 Å². The molecule has 1 aliphatic heterocycles. The van der Waals surface area contributed by atoms with Gasteiger partial charge in [0.05, 0.1) is 30.0 Å². The van der Waals surface area contributed by atoms with E-state index in [1.807, 2.05) is 19.2 Å². The highest BCUT2D eigenvalue weighted by Gasteiger charge is 2.34. The smallest absolute Gasteiger partial charge is 0.246 e. The summed E-state index contributed by atoms with van der Waals surface area (Å²) in [5.41, 5.74) is 1.38. The molecule has 0 saturated carbocycles. The van der Waals surface area contributed by atoms with Gasteiger partial charge in [-0.2, -0.15) is 14.5 Å². The van der Waals surface area contributed by atoms with Crippen LogP contribution in [-0.2, 0) is 35.0 Å².